The van der Waals surface area contributed by atoms with Crippen LogP contribution in [0.4, 0.5) is 11.6 Å². The Bertz CT molecular complexity index is 878. The smallest absolute Gasteiger partial charge is 0.269 e. The molecule has 2 heterocycles. The summed E-state index contributed by atoms with van der Waals surface area (Å²) in [6, 6.07) is 9.69. The third-order valence-corrected chi connectivity index (χ3v) is 3.86. The summed E-state index contributed by atoms with van der Waals surface area (Å²) in [6.45, 7) is 6.66. The maximum absolute atomic E-state index is 10.6. The molecule has 0 saturated carbocycles. The summed E-state index contributed by atoms with van der Waals surface area (Å²) in [5.74, 6) is 0.440. The molecule has 0 amide bonds. The number of aryl methyl sites for hydroxylation is 3. The minimum atomic E-state index is 0.137. The van der Waals surface area contributed by atoms with E-state index in [1.54, 1.807) is 0 Å². The Morgan fingerprint density at radius 2 is 1.79 bits per heavy atom. The van der Waals surface area contributed by atoms with Gasteiger partial charge in [0.1, 0.15) is 0 Å². The van der Waals surface area contributed by atoms with E-state index in [1.807, 2.05) is 48.7 Å². The number of hydrogen-bond acceptors (Lipinski definition) is 5. The van der Waals surface area contributed by atoms with E-state index in [0.717, 1.165) is 41.7 Å². The van der Waals surface area contributed by atoms with Gasteiger partial charge in [-0.15, -0.1) is 10.2 Å². The molecule has 0 unspecified atom stereocenters. The highest BCUT2D eigenvalue weighted by molar-refractivity contribution is 5.94. The second kappa shape index (κ2) is 6.78. The minimum Gasteiger partial charge on any atom is -0.493 e. The first-order valence-corrected chi connectivity index (χ1v) is 8.14. The van der Waals surface area contributed by atoms with Crippen LogP contribution in [0.5, 0.6) is 5.88 Å². The van der Waals surface area contributed by atoms with Crippen molar-refractivity contribution in [3.05, 3.63) is 41.7 Å². The van der Waals surface area contributed by atoms with E-state index in [9.17, 15) is 5.11 Å². The zero-order chi connectivity index (χ0) is 17.1. The highest BCUT2D eigenvalue weighted by Gasteiger charge is 2.16. The number of hydrogen-bond donors (Lipinski definition) is 1. The first kappa shape index (κ1) is 16.1. The Balaban J connectivity index is 2.05. The summed E-state index contributed by atoms with van der Waals surface area (Å²) in [4.78, 5) is 8.51. The Kier molecular flexibility index (Phi) is 4.55. The molecule has 1 aromatic carbocycles. The molecule has 3 rings (SSSR count). The summed E-state index contributed by atoms with van der Waals surface area (Å²) in [5.41, 5.74) is 3.10. The molecule has 0 aliphatic carbocycles. The van der Waals surface area contributed by atoms with Crippen molar-refractivity contribution in [2.24, 2.45) is 10.2 Å². The lowest BCUT2D eigenvalue weighted by molar-refractivity contribution is 0.418. The van der Waals surface area contributed by atoms with Crippen LogP contribution in [0.15, 0.2) is 40.6 Å². The van der Waals surface area contributed by atoms with E-state index in [4.69, 9.17) is 0 Å². The second-order valence-corrected chi connectivity index (χ2v) is 5.85. The fourth-order valence-electron chi connectivity index (χ4n) is 2.76. The molecule has 6 heteroatoms. The molecule has 24 heavy (non-hydrogen) atoms. The van der Waals surface area contributed by atoms with Gasteiger partial charge in [0.05, 0.1) is 5.52 Å². The van der Waals surface area contributed by atoms with Crippen molar-refractivity contribution < 1.29 is 5.11 Å². The molecule has 0 saturated heterocycles. The predicted octanol–water partition coefficient (Wildman–Crippen LogP) is 4.97. The van der Waals surface area contributed by atoms with Gasteiger partial charge < -0.3 is 9.67 Å². The molecule has 0 fully saturated rings. The normalized spacial score (nSPS) is 11.6. The van der Waals surface area contributed by atoms with Gasteiger partial charge in [0, 0.05) is 23.3 Å². The van der Waals surface area contributed by atoms with Crippen LogP contribution in [0.25, 0.3) is 10.9 Å². The molecular weight excluding hydrogens is 302 g/mol. The third kappa shape index (κ3) is 3.13. The first-order chi connectivity index (χ1) is 11.6. The van der Waals surface area contributed by atoms with Crippen LogP contribution in [0.2, 0.25) is 0 Å². The summed E-state index contributed by atoms with van der Waals surface area (Å²) in [6.07, 6.45) is 2.04. The number of unbranched alkanes of at least 4 members (excludes halogenated alkanes) is 1. The van der Waals surface area contributed by atoms with Crippen LogP contribution in [-0.2, 0) is 6.54 Å². The number of rotatable bonds is 5. The topological polar surface area (TPSA) is 75.7 Å². The van der Waals surface area contributed by atoms with Crippen molar-refractivity contribution in [3.8, 4) is 5.88 Å². The lowest BCUT2D eigenvalue weighted by atomic mass is 10.2. The lowest BCUT2D eigenvalue weighted by Gasteiger charge is -2.05. The van der Waals surface area contributed by atoms with E-state index in [1.165, 1.54) is 0 Å². The van der Waals surface area contributed by atoms with Crippen LogP contribution in [0, 0.1) is 13.8 Å². The standard InChI is InChI=1S/C18H21N5O/c1-4-5-10-23-15-9-7-6-8-14(15)16(17(23)24)21-22-18-19-12(2)11-13(3)20-18/h6-9,11,24H,4-5,10H2,1-3H3. The van der Waals surface area contributed by atoms with Crippen molar-refractivity contribution in [2.75, 3.05) is 0 Å². The molecule has 6 nitrogen and oxygen atoms in total. The van der Waals surface area contributed by atoms with E-state index in [2.05, 4.69) is 27.1 Å². The monoisotopic (exact) mass is 323 g/mol. The van der Waals surface area contributed by atoms with Crippen molar-refractivity contribution in [1.82, 2.24) is 14.5 Å². The Hall–Kier alpha value is -2.76. The Morgan fingerprint density at radius 3 is 2.50 bits per heavy atom. The SMILES string of the molecule is CCCCn1c(O)c(N=Nc2nc(C)cc(C)n2)c2ccccc21. The molecule has 3 aromatic rings. The molecule has 0 spiro atoms. The Morgan fingerprint density at radius 1 is 1.08 bits per heavy atom. The summed E-state index contributed by atoms with van der Waals surface area (Å²) in [5, 5.41) is 19.8. The third-order valence-electron chi connectivity index (χ3n) is 3.86. The zero-order valence-electron chi connectivity index (χ0n) is 14.2. The van der Waals surface area contributed by atoms with Gasteiger partial charge >= 0.3 is 0 Å². The van der Waals surface area contributed by atoms with Crippen molar-refractivity contribution in [2.45, 2.75) is 40.2 Å². The maximum Gasteiger partial charge on any atom is 0.269 e. The number of aromatic nitrogens is 3. The summed E-state index contributed by atoms with van der Waals surface area (Å²) < 4.78 is 1.88. The highest BCUT2D eigenvalue weighted by atomic mass is 16.3. The molecular formula is C18H21N5O. The van der Waals surface area contributed by atoms with Gasteiger partial charge in [-0.3, -0.25) is 0 Å². The zero-order valence-corrected chi connectivity index (χ0v) is 14.2. The number of fused-ring (bicyclic) bond motifs is 1. The van der Waals surface area contributed by atoms with Crippen molar-refractivity contribution in [3.63, 3.8) is 0 Å². The quantitative estimate of drug-likeness (QED) is 0.673. The molecule has 0 atom stereocenters. The van der Waals surface area contributed by atoms with Gasteiger partial charge in [0.15, 0.2) is 5.69 Å². The van der Waals surface area contributed by atoms with Crippen LogP contribution in [0.3, 0.4) is 0 Å². The van der Waals surface area contributed by atoms with Crippen LogP contribution < -0.4 is 0 Å². The summed E-state index contributed by atoms with van der Waals surface area (Å²) in [7, 11) is 0. The maximum atomic E-state index is 10.6. The van der Waals surface area contributed by atoms with Crippen molar-refractivity contribution in [1.29, 1.82) is 0 Å². The lowest BCUT2D eigenvalue weighted by Crippen LogP contribution is -1.96. The predicted molar refractivity (Wildman–Crippen MR) is 94.2 cm³/mol. The molecule has 0 bridgehead atoms. The van der Waals surface area contributed by atoms with Gasteiger partial charge in [0.25, 0.3) is 5.95 Å². The highest BCUT2D eigenvalue weighted by Crippen LogP contribution is 2.39. The van der Waals surface area contributed by atoms with Gasteiger partial charge in [0.2, 0.25) is 5.88 Å². The minimum absolute atomic E-state index is 0.137. The van der Waals surface area contributed by atoms with E-state index < -0.39 is 0 Å². The number of aromatic hydroxyl groups is 1. The van der Waals surface area contributed by atoms with E-state index in [0.29, 0.717) is 11.6 Å². The fraction of sp³-hybridized carbons (Fsp3) is 0.333. The average Bonchev–Trinajstić information content (AvgIpc) is 2.81. The molecule has 0 aliphatic heterocycles. The molecule has 124 valence electrons. The summed E-state index contributed by atoms with van der Waals surface area (Å²) >= 11 is 0. The number of azo groups is 1. The number of benzene rings is 1. The second-order valence-electron chi connectivity index (χ2n) is 5.85. The fourth-order valence-corrected chi connectivity index (χ4v) is 2.76. The number of nitrogens with zero attached hydrogens (tertiary/aromatic N) is 5. The van der Waals surface area contributed by atoms with E-state index in [-0.39, 0.29) is 5.88 Å². The van der Waals surface area contributed by atoms with Gasteiger partial charge in [-0.2, -0.15) is 0 Å². The molecule has 1 N–H and O–H groups in total. The van der Waals surface area contributed by atoms with Crippen molar-refractivity contribution >= 4 is 22.5 Å². The first-order valence-electron chi connectivity index (χ1n) is 8.14. The van der Waals surface area contributed by atoms with Gasteiger partial charge in [-0.1, -0.05) is 31.5 Å². The van der Waals surface area contributed by atoms with Gasteiger partial charge in [-0.25, -0.2) is 9.97 Å². The van der Waals surface area contributed by atoms with Crippen LogP contribution in [-0.4, -0.2) is 19.6 Å². The van der Waals surface area contributed by atoms with Crippen LogP contribution >= 0.6 is 0 Å². The van der Waals surface area contributed by atoms with Crippen LogP contribution in [0.1, 0.15) is 31.2 Å². The molecule has 0 aliphatic rings. The van der Waals surface area contributed by atoms with E-state index >= 15 is 0 Å². The Labute approximate surface area is 140 Å². The molecule has 0 radical (unpaired) electrons. The largest absolute Gasteiger partial charge is 0.493 e. The van der Waals surface area contributed by atoms with Gasteiger partial charge in [-0.05, 0) is 32.4 Å². The molecule has 2 aromatic heterocycles. The number of para-hydroxylation sites is 1. The average molecular weight is 323 g/mol.